The van der Waals surface area contributed by atoms with Crippen molar-refractivity contribution in [1.82, 2.24) is 23.7 Å². The lowest BCUT2D eigenvalue weighted by Crippen LogP contribution is -2.48. The molecule has 1 aliphatic heterocycles. The second-order valence-electron chi connectivity index (χ2n) is 7.12. The van der Waals surface area contributed by atoms with E-state index >= 15 is 0 Å². The van der Waals surface area contributed by atoms with Gasteiger partial charge in [-0.05, 0) is 43.7 Å². The lowest BCUT2D eigenvalue weighted by atomic mass is 10.2. The molecule has 0 spiro atoms. The summed E-state index contributed by atoms with van der Waals surface area (Å²) in [6, 6.07) is 12.2. The van der Waals surface area contributed by atoms with Gasteiger partial charge in [-0.25, -0.2) is 18.4 Å². The summed E-state index contributed by atoms with van der Waals surface area (Å²) >= 11 is 0. The van der Waals surface area contributed by atoms with Crippen LogP contribution in [0.15, 0.2) is 42.6 Å². The van der Waals surface area contributed by atoms with Crippen LogP contribution in [0.5, 0.6) is 0 Å². The van der Waals surface area contributed by atoms with Gasteiger partial charge in [0.15, 0.2) is 5.65 Å². The molecule has 8 heteroatoms. The summed E-state index contributed by atoms with van der Waals surface area (Å²) in [5, 5.41) is 0. The molecule has 7 nitrogen and oxygen atoms in total. The lowest BCUT2D eigenvalue weighted by molar-refractivity contribution is 0.178. The highest BCUT2D eigenvalue weighted by molar-refractivity contribution is 7.89. The molecule has 0 atom stereocenters. The fraction of sp³-hybridized carbons (Fsp3) is 0.400. The van der Waals surface area contributed by atoms with Gasteiger partial charge in [-0.15, -0.1) is 0 Å². The molecule has 3 aromatic rings. The fourth-order valence-electron chi connectivity index (χ4n) is 3.65. The van der Waals surface area contributed by atoms with Crippen LogP contribution in [-0.2, 0) is 16.6 Å². The van der Waals surface area contributed by atoms with Gasteiger partial charge >= 0.3 is 0 Å². The fourth-order valence-corrected chi connectivity index (χ4v) is 4.74. The minimum absolute atomic E-state index is 0.155. The Morgan fingerprint density at radius 2 is 1.86 bits per heavy atom. The Hall–Kier alpha value is -2.29. The van der Waals surface area contributed by atoms with Gasteiger partial charge in [-0.3, -0.25) is 9.47 Å². The summed E-state index contributed by atoms with van der Waals surface area (Å²) < 4.78 is 27.9. The number of imidazole rings is 1. The molecule has 0 unspecified atom stereocenters. The molecule has 28 heavy (non-hydrogen) atoms. The summed E-state index contributed by atoms with van der Waals surface area (Å²) in [7, 11) is -3.12. The highest BCUT2D eigenvalue weighted by Crippen LogP contribution is 2.22. The zero-order valence-corrected chi connectivity index (χ0v) is 17.1. The predicted octanol–water partition coefficient (Wildman–Crippen LogP) is 2.20. The number of hydrogen-bond donors (Lipinski definition) is 0. The van der Waals surface area contributed by atoms with Gasteiger partial charge in [0, 0.05) is 38.1 Å². The Labute approximate surface area is 165 Å². The second kappa shape index (κ2) is 7.62. The number of nitrogens with zero attached hydrogens (tertiary/aromatic N) is 5. The molecule has 1 aromatic carbocycles. The van der Waals surface area contributed by atoms with Gasteiger partial charge < -0.3 is 0 Å². The number of rotatable bonds is 5. The van der Waals surface area contributed by atoms with Crippen molar-refractivity contribution in [2.24, 2.45) is 0 Å². The predicted molar refractivity (Wildman–Crippen MR) is 110 cm³/mol. The molecule has 0 aliphatic carbocycles. The SMILES string of the molecule is CCS(=O)(=O)N1CCN(Cc2nc3cccnc3n2-c2cccc(C)c2)CC1. The van der Waals surface area contributed by atoms with Crippen LogP contribution in [0.1, 0.15) is 18.3 Å². The van der Waals surface area contributed by atoms with E-state index in [2.05, 4.69) is 39.6 Å². The van der Waals surface area contributed by atoms with Crippen molar-refractivity contribution in [3.05, 3.63) is 54.0 Å². The maximum Gasteiger partial charge on any atom is 0.213 e. The minimum atomic E-state index is -3.12. The molecule has 2 aromatic heterocycles. The van der Waals surface area contributed by atoms with Crippen LogP contribution in [0.4, 0.5) is 0 Å². The molecule has 3 heterocycles. The van der Waals surface area contributed by atoms with E-state index in [0.29, 0.717) is 32.7 Å². The zero-order valence-electron chi connectivity index (χ0n) is 16.2. The largest absolute Gasteiger partial charge is 0.293 e. The molecule has 1 aliphatic rings. The highest BCUT2D eigenvalue weighted by Gasteiger charge is 2.26. The Morgan fingerprint density at radius 3 is 2.57 bits per heavy atom. The van der Waals surface area contributed by atoms with Crippen LogP contribution in [0.3, 0.4) is 0 Å². The number of aryl methyl sites for hydroxylation is 1. The average Bonchev–Trinajstić information content (AvgIpc) is 3.06. The Morgan fingerprint density at radius 1 is 1.07 bits per heavy atom. The highest BCUT2D eigenvalue weighted by atomic mass is 32.2. The topological polar surface area (TPSA) is 71.3 Å². The van der Waals surface area contributed by atoms with Crippen molar-refractivity contribution < 1.29 is 8.42 Å². The molecule has 0 saturated carbocycles. The van der Waals surface area contributed by atoms with Crippen molar-refractivity contribution in [3.8, 4) is 5.69 Å². The molecule has 0 radical (unpaired) electrons. The quantitative estimate of drug-likeness (QED) is 0.658. The van der Waals surface area contributed by atoms with Gasteiger partial charge in [0.25, 0.3) is 0 Å². The number of piperazine rings is 1. The molecule has 4 rings (SSSR count). The number of sulfonamides is 1. The minimum Gasteiger partial charge on any atom is -0.293 e. The van der Waals surface area contributed by atoms with E-state index in [4.69, 9.17) is 4.98 Å². The average molecular weight is 400 g/mol. The summed E-state index contributed by atoms with van der Waals surface area (Å²) in [5.41, 5.74) is 3.93. The van der Waals surface area contributed by atoms with Gasteiger partial charge in [0.2, 0.25) is 10.0 Å². The monoisotopic (exact) mass is 399 g/mol. The van der Waals surface area contributed by atoms with E-state index in [9.17, 15) is 8.42 Å². The van der Waals surface area contributed by atoms with Crippen LogP contribution in [-0.4, -0.2) is 64.1 Å². The summed E-state index contributed by atoms with van der Waals surface area (Å²) in [4.78, 5) is 11.6. The maximum absolute atomic E-state index is 12.1. The first-order chi connectivity index (χ1) is 13.5. The molecular formula is C20H25N5O2S. The normalized spacial score (nSPS) is 16.6. The standard InChI is InChI=1S/C20H25N5O2S/c1-3-28(26,27)24-12-10-23(11-13-24)15-19-22-18-8-5-9-21-20(18)25(19)17-7-4-6-16(2)14-17/h4-9,14H,3,10-13,15H2,1-2H3. The molecular weight excluding hydrogens is 374 g/mol. The van der Waals surface area contributed by atoms with E-state index < -0.39 is 10.0 Å². The summed E-state index contributed by atoms with van der Waals surface area (Å²) in [6.07, 6.45) is 1.79. The van der Waals surface area contributed by atoms with E-state index in [-0.39, 0.29) is 5.75 Å². The summed E-state index contributed by atoms with van der Waals surface area (Å²) in [6.45, 7) is 6.87. The van der Waals surface area contributed by atoms with Crippen molar-refractivity contribution in [1.29, 1.82) is 0 Å². The van der Waals surface area contributed by atoms with Crippen LogP contribution in [0, 0.1) is 6.92 Å². The molecule has 0 bridgehead atoms. The van der Waals surface area contributed by atoms with Gasteiger partial charge in [0.1, 0.15) is 11.3 Å². The molecule has 1 fully saturated rings. The third-order valence-electron chi connectivity index (χ3n) is 5.20. The van der Waals surface area contributed by atoms with Crippen LogP contribution >= 0.6 is 0 Å². The van der Waals surface area contributed by atoms with Crippen molar-refractivity contribution >= 4 is 21.2 Å². The van der Waals surface area contributed by atoms with Gasteiger partial charge in [0.05, 0.1) is 12.3 Å². The van der Waals surface area contributed by atoms with Gasteiger partial charge in [-0.2, -0.15) is 4.31 Å². The van der Waals surface area contributed by atoms with Crippen molar-refractivity contribution in [2.75, 3.05) is 31.9 Å². The third kappa shape index (κ3) is 3.67. The number of benzene rings is 1. The Bertz CT molecular complexity index is 1080. The summed E-state index contributed by atoms with van der Waals surface area (Å²) in [5.74, 6) is 1.08. The van der Waals surface area contributed by atoms with E-state index in [0.717, 1.165) is 22.7 Å². The van der Waals surface area contributed by atoms with E-state index in [1.165, 1.54) is 5.56 Å². The molecule has 148 valence electrons. The molecule has 0 amide bonds. The first-order valence-electron chi connectivity index (χ1n) is 9.57. The third-order valence-corrected chi connectivity index (χ3v) is 7.08. The number of fused-ring (bicyclic) bond motifs is 1. The number of aromatic nitrogens is 3. The Balaban J connectivity index is 1.62. The second-order valence-corrected chi connectivity index (χ2v) is 9.38. The number of pyridine rings is 1. The smallest absolute Gasteiger partial charge is 0.213 e. The van der Waals surface area contributed by atoms with Crippen LogP contribution in [0.2, 0.25) is 0 Å². The van der Waals surface area contributed by atoms with Crippen LogP contribution < -0.4 is 0 Å². The van der Waals surface area contributed by atoms with E-state index in [1.807, 2.05) is 18.2 Å². The molecule has 0 N–H and O–H groups in total. The van der Waals surface area contributed by atoms with Crippen LogP contribution in [0.25, 0.3) is 16.9 Å². The Kier molecular flexibility index (Phi) is 5.18. The number of hydrogen-bond acceptors (Lipinski definition) is 5. The first kappa shape index (κ1) is 19.0. The van der Waals surface area contributed by atoms with Crippen molar-refractivity contribution in [3.63, 3.8) is 0 Å². The van der Waals surface area contributed by atoms with Crippen molar-refractivity contribution in [2.45, 2.75) is 20.4 Å². The first-order valence-corrected chi connectivity index (χ1v) is 11.2. The zero-order chi connectivity index (χ0) is 19.7. The molecule has 1 saturated heterocycles. The lowest BCUT2D eigenvalue weighted by Gasteiger charge is -2.33. The van der Waals surface area contributed by atoms with E-state index in [1.54, 1.807) is 17.4 Å². The maximum atomic E-state index is 12.1. The van der Waals surface area contributed by atoms with Gasteiger partial charge in [-0.1, -0.05) is 12.1 Å².